The highest BCUT2D eigenvalue weighted by molar-refractivity contribution is 7.15. The first-order chi connectivity index (χ1) is 10.5. The Hall–Kier alpha value is -1.21. The van der Waals surface area contributed by atoms with Crippen molar-refractivity contribution in [2.24, 2.45) is 11.8 Å². The number of carbonyl (C=O) groups excluding carboxylic acids is 1. The van der Waals surface area contributed by atoms with Gasteiger partial charge in [-0.1, -0.05) is 25.2 Å². The Labute approximate surface area is 135 Å². The molecule has 0 aliphatic heterocycles. The van der Waals surface area contributed by atoms with Gasteiger partial charge in [0.1, 0.15) is 5.01 Å². The fourth-order valence-electron chi connectivity index (χ4n) is 2.80. The van der Waals surface area contributed by atoms with Crippen LogP contribution in [0.25, 0.3) is 0 Å². The summed E-state index contributed by atoms with van der Waals surface area (Å²) >= 11 is 1.44. The summed E-state index contributed by atoms with van der Waals surface area (Å²) in [5.41, 5.74) is 0. The first kappa shape index (κ1) is 17.1. The molecular weight excluding hydrogens is 300 g/mol. The molecule has 1 heterocycles. The van der Waals surface area contributed by atoms with Crippen LogP contribution in [0.3, 0.4) is 0 Å². The van der Waals surface area contributed by atoms with Crippen LogP contribution in [0, 0.1) is 11.8 Å². The first-order valence-electron chi connectivity index (χ1n) is 7.96. The number of carbonyl (C=O) groups is 1. The van der Waals surface area contributed by atoms with Crippen molar-refractivity contribution in [3.8, 4) is 0 Å². The number of nitrogens with zero attached hydrogens (tertiary/aromatic N) is 3. The maximum absolute atomic E-state index is 12.3. The Bertz CT molecular complexity index is 484. The number of hydrogen-bond acceptors (Lipinski definition) is 5. The third kappa shape index (κ3) is 4.64. The van der Waals surface area contributed by atoms with Gasteiger partial charge in [0.25, 0.3) is 0 Å². The maximum atomic E-state index is 12.3. The van der Waals surface area contributed by atoms with Crippen molar-refractivity contribution in [2.45, 2.75) is 52.0 Å². The minimum Gasteiger partial charge on any atom is -0.396 e. The molecule has 1 fully saturated rings. The molecule has 1 aromatic rings. The highest BCUT2D eigenvalue weighted by Crippen LogP contribution is 2.27. The summed E-state index contributed by atoms with van der Waals surface area (Å²) in [5, 5.41) is 21.7. The third-order valence-electron chi connectivity index (χ3n) is 4.21. The van der Waals surface area contributed by atoms with E-state index in [4.69, 9.17) is 0 Å². The van der Waals surface area contributed by atoms with Crippen molar-refractivity contribution in [3.05, 3.63) is 5.01 Å². The molecule has 124 valence electrons. The Morgan fingerprint density at radius 2 is 2.05 bits per heavy atom. The summed E-state index contributed by atoms with van der Waals surface area (Å²) in [6, 6.07) is 0.116. The molecular formula is C15H26N4O2S. The predicted octanol–water partition coefficient (Wildman–Crippen LogP) is 2.75. The summed E-state index contributed by atoms with van der Waals surface area (Å²) in [6.45, 7) is 4.53. The van der Waals surface area contributed by atoms with E-state index < -0.39 is 0 Å². The predicted molar refractivity (Wildman–Crippen MR) is 88.1 cm³/mol. The van der Waals surface area contributed by atoms with Gasteiger partial charge in [-0.2, -0.15) is 0 Å². The molecule has 7 heteroatoms. The molecule has 6 nitrogen and oxygen atoms in total. The molecule has 1 saturated carbocycles. The van der Waals surface area contributed by atoms with Gasteiger partial charge in [-0.15, -0.1) is 10.2 Å². The quantitative estimate of drug-likeness (QED) is 0.872. The van der Waals surface area contributed by atoms with Gasteiger partial charge >= 0.3 is 6.03 Å². The van der Waals surface area contributed by atoms with E-state index in [1.54, 1.807) is 4.90 Å². The molecule has 0 radical (unpaired) electrons. The van der Waals surface area contributed by atoms with Gasteiger partial charge in [0.2, 0.25) is 5.13 Å². The number of nitrogens with one attached hydrogen (secondary N) is 1. The van der Waals surface area contributed by atoms with Crippen molar-refractivity contribution in [2.75, 3.05) is 19.0 Å². The van der Waals surface area contributed by atoms with Crippen LogP contribution in [0.5, 0.6) is 0 Å². The summed E-state index contributed by atoms with van der Waals surface area (Å²) in [5.74, 6) is 0.926. The van der Waals surface area contributed by atoms with Crippen LogP contribution in [0.15, 0.2) is 0 Å². The zero-order valence-corrected chi connectivity index (χ0v) is 14.4. The molecule has 1 aliphatic rings. The monoisotopic (exact) mass is 326 g/mol. The molecule has 2 amide bonds. The second-order valence-corrected chi connectivity index (χ2v) is 7.56. The lowest BCUT2D eigenvalue weighted by molar-refractivity contribution is 0.139. The number of aliphatic hydroxyl groups excluding tert-OH is 1. The molecule has 22 heavy (non-hydrogen) atoms. The SMILES string of the molecule is CC(C)Cc1nnc(NC(=O)N(C)C2CCC(CO)CC2)s1. The Morgan fingerprint density at radius 1 is 1.36 bits per heavy atom. The van der Waals surface area contributed by atoms with Gasteiger partial charge in [-0.3, -0.25) is 5.32 Å². The highest BCUT2D eigenvalue weighted by atomic mass is 32.1. The number of rotatable bonds is 5. The molecule has 2 rings (SSSR count). The average Bonchev–Trinajstić information content (AvgIpc) is 2.92. The number of hydrogen-bond donors (Lipinski definition) is 2. The van der Waals surface area contributed by atoms with Gasteiger partial charge in [-0.05, 0) is 37.5 Å². The molecule has 0 spiro atoms. The van der Waals surface area contributed by atoms with E-state index in [0.717, 1.165) is 37.1 Å². The molecule has 2 N–H and O–H groups in total. The molecule has 0 atom stereocenters. The Balaban J connectivity index is 1.85. The fourth-order valence-corrected chi connectivity index (χ4v) is 3.74. The normalized spacial score (nSPS) is 21.9. The first-order valence-corrected chi connectivity index (χ1v) is 8.78. The standard InChI is InChI=1S/C15H26N4O2S/c1-10(2)8-13-17-18-14(22-13)16-15(21)19(3)12-6-4-11(9-20)5-7-12/h10-12,20H,4-9H2,1-3H3,(H,16,18,21). The smallest absolute Gasteiger partial charge is 0.323 e. The van der Waals surface area contributed by atoms with E-state index in [1.807, 2.05) is 7.05 Å². The topological polar surface area (TPSA) is 78.4 Å². The van der Waals surface area contributed by atoms with E-state index >= 15 is 0 Å². The molecule has 0 bridgehead atoms. The highest BCUT2D eigenvalue weighted by Gasteiger charge is 2.26. The van der Waals surface area contributed by atoms with Crippen molar-refractivity contribution in [3.63, 3.8) is 0 Å². The largest absolute Gasteiger partial charge is 0.396 e. The number of aliphatic hydroxyl groups is 1. The van der Waals surface area contributed by atoms with E-state index in [1.165, 1.54) is 11.3 Å². The van der Waals surface area contributed by atoms with E-state index in [9.17, 15) is 9.90 Å². The lowest BCUT2D eigenvalue weighted by Gasteiger charge is -2.33. The third-order valence-corrected chi connectivity index (χ3v) is 5.07. The van der Waals surface area contributed by atoms with Gasteiger partial charge in [0.15, 0.2) is 0 Å². The lowest BCUT2D eigenvalue weighted by Crippen LogP contribution is -2.42. The zero-order chi connectivity index (χ0) is 16.1. The Morgan fingerprint density at radius 3 is 2.64 bits per heavy atom. The molecule has 1 aromatic heterocycles. The molecule has 0 aromatic carbocycles. The van der Waals surface area contributed by atoms with Crippen LogP contribution in [-0.4, -0.2) is 45.9 Å². The zero-order valence-electron chi connectivity index (χ0n) is 13.6. The van der Waals surface area contributed by atoms with Crippen LogP contribution in [-0.2, 0) is 6.42 Å². The van der Waals surface area contributed by atoms with Crippen molar-refractivity contribution >= 4 is 22.5 Å². The van der Waals surface area contributed by atoms with Crippen LogP contribution < -0.4 is 5.32 Å². The van der Waals surface area contributed by atoms with E-state index in [2.05, 4.69) is 29.4 Å². The summed E-state index contributed by atoms with van der Waals surface area (Å²) in [7, 11) is 1.83. The summed E-state index contributed by atoms with van der Waals surface area (Å²) in [6.07, 6.45) is 4.74. The maximum Gasteiger partial charge on any atom is 0.323 e. The fraction of sp³-hybridized carbons (Fsp3) is 0.800. The molecule has 1 aliphatic carbocycles. The van der Waals surface area contributed by atoms with Crippen LogP contribution in [0.4, 0.5) is 9.93 Å². The van der Waals surface area contributed by atoms with Crippen molar-refractivity contribution in [1.29, 1.82) is 0 Å². The van der Waals surface area contributed by atoms with Gasteiger partial charge in [0.05, 0.1) is 0 Å². The van der Waals surface area contributed by atoms with Gasteiger partial charge in [-0.25, -0.2) is 4.79 Å². The number of anilines is 1. The average molecular weight is 326 g/mol. The van der Waals surface area contributed by atoms with Crippen molar-refractivity contribution < 1.29 is 9.90 Å². The van der Waals surface area contributed by atoms with Crippen LogP contribution >= 0.6 is 11.3 Å². The van der Waals surface area contributed by atoms with E-state index in [-0.39, 0.29) is 18.7 Å². The second-order valence-electron chi connectivity index (χ2n) is 6.50. The van der Waals surface area contributed by atoms with Gasteiger partial charge < -0.3 is 10.0 Å². The van der Waals surface area contributed by atoms with Gasteiger partial charge in [0, 0.05) is 26.1 Å². The van der Waals surface area contributed by atoms with Crippen molar-refractivity contribution in [1.82, 2.24) is 15.1 Å². The minimum absolute atomic E-state index is 0.125. The number of aromatic nitrogens is 2. The molecule has 0 unspecified atom stereocenters. The molecule has 0 saturated heterocycles. The number of urea groups is 1. The summed E-state index contributed by atoms with van der Waals surface area (Å²) < 4.78 is 0. The van der Waals surface area contributed by atoms with E-state index in [0.29, 0.717) is 17.0 Å². The minimum atomic E-state index is -0.125. The Kier molecular flexibility index (Phi) is 6.14. The van der Waals surface area contributed by atoms with Crippen LogP contribution in [0.2, 0.25) is 0 Å². The van der Waals surface area contributed by atoms with Crippen LogP contribution in [0.1, 0.15) is 44.5 Å². The summed E-state index contributed by atoms with van der Waals surface area (Å²) in [4.78, 5) is 14.1. The lowest BCUT2D eigenvalue weighted by atomic mass is 9.86. The second kappa shape index (κ2) is 7.87. The number of amides is 2.